The first-order chi connectivity index (χ1) is 13.1. The summed E-state index contributed by atoms with van der Waals surface area (Å²) in [5.74, 6) is -0.895. The van der Waals surface area contributed by atoms with Crippen LogP contribution in [-0.2, 0) is 16.1 Å². The fourth-order valence-electron chi connectivity index (χ4n) is 2.36. The molecule has 2 heterocycles. The molecule has 1 unspecified atom stereocenters. The summed E-state index contributed by atoms with van der Waals surface area (Å²) in [7, 11) is 1.53. The molecule has 3 aromatic rings. The van der Waals surface area contributed by atoms with Crippen molar-refractivity contribution in [3.63, 3.8) is 0 Å². The molecule has 0 radical (unpaired) electrons. The second-order valence-electron chi connectivity index (χ2n) is 5.59. The van der Waals surface area contributed by atoms with Crippen molar-refractivity contribution in [1.82, 2.24) is 5.32 Å². The zero-order valence-electron chi connectivity index (χ0n) is 14.5. The SMILES string of the molecule is COc1cccc(NC(=O)C(=O)NCc2ccc(C(O)c3cccs3)s2)c1. The molecule has 27 heavy (non-hydrogen) atoms. The van der Waals surface area contributed by atoms with Gasteiger partial charge in [0.2, 0.25) is 0 Å². The predicted molar refractivity (Wildman–Crippen MR) is 106 cm³/mol. The predicted octanol–water partition coefficient (Wildman–Crippen LogP) is 3.15. The average molecular weight is 402 g/mol. The van der Waals surface area contributed by atoms with E-state index in [4.69, 9.17) is 4.74 Å². The molecule has 3 N–H and O–H groups in total. The molecule has 0 aliphatic heterocycles. The summed E-state index contributed by atoms with van der Waals surface area (Å²) in [6, 6.07) is 14.2. The largest absolute Gasteiger partial charge is 0.497 e. The number of aliphatic hydroxyl groups is 1. The van der Waals surface area contributed by atoms with E-state index in [1.807, 2.05) is 29.6 Å². The molecule has 8 heteroatoms. The van der Waals surface area contributed by atoms with E-state index < -0.39 is 17.9 Å². The van der Waals surface area contributed by atoms with Crippen LogP contribution < -0.4 is 15.4 Å². The summed E-state index contributed by atoms with van der Waals surface area (Å²) in [4.78, 5) is 26.5. The normalized spacial score (nSPS) is 11.6. The molecular weight excluding hydrogens is 384 g/mol. The standard InChI is InChI=1S/C19H18N2O4S2/c1-25-13-5-2-4-12(10-13)21-19(24)18(23)20-11-14-7-8-16(27-14)17(22)15-6-3-9-26-15/h2-10,17,22H,11H2,1H3,(H,20,23)(H,21,24). The summed E-state index contributed by atoms with van der Waals surface area (Å²) in [5.41, 5.74) is 0.479. The van der Waals surface area contributed by atoms with Gasteiger partial charge in [0.15, 0.2) is 0 Å². The fraction of sp³-hybridized carbons (Fsp3) is 0.158. The lowest BCUT2D eigenvalue weighted by atomic mass is 10.2. The summed E-state index contributed by atoms with van der Waals surface area (Å²) in [6.07, 6.45) is -0.671. The monoisotopic (exact) mass is 402 g/mol. The Morgan fingerprint density at radius 2 is 1.96 bits per heavy atom. The van der Waals surface area contributed by atoms with Crippen LogP contribution in [0.3, 0.4) is 0 Å². The number of rotatable bonds is 6. The van der Waals surface area contributed by atoms with E-state index in [-0.39, 0.29) is 6.54 Å². The molecule has 1 aromatic carbocycles. The third-order valence-electron chi connectivity index (χ3n) is 3.72. The highest BCUT2D eigenvalue weighted by Gasteiger charge is 2.16. The smallest absolute Gasteiger partial charge is 0.313 e. The second-order valence-corrected chi connectivity index (χ2v) is 7.77. The van der Waals surface area contributed by atoms with Gasteiger partial charge < -0.3 is 20.5 Å². The first kappa shape index (κ1) is 19.1. The molecule has 0 aliphatic carbocycles. The summed E-state index contributed by atoms with van der Waals surface area (Å²) in [5, 5.41) is 17.3. The van der Waals surface area contributed by atoms with E-state index in [0.717, 1.165) is 14.6 Å². The summed E-state index contributed by atoms with van der Waals surface area (Å²) in [6.45, 7) is 0.214. The van der Waals surface area contributed by atoms with E-state index in [1.165, 1.54) is 29.8 Å². The van der Waals surface area contributed by atoms with Gasteiger partial charge in [0.05, 0.1) is 13.7 Å². The van der Waals surface area contributed by atoms with Gasteiger partial charge in [-0.25, -0.2) is 0 Å². The van der Waals surface area contributed by atoms with Crippen molar-refractivity contribution in [3.8, 4) is 5.75 Å². The number of amides is 2. The van der Waals surface area contributed by atoms with Gasteiger partial charge in [0.1, 0.15) is 11.9 Å². The van der Waals surface area contributed by atoms with E-state index in [2.05, 4.69) is 10.6 Å². The Morgan fingerprint density at radius 1 is 1.11 bits per heavy atom. The number of nitrogens with one attached hydrogen (secondary N) is 2. The Balaban J connectivity index is 1.53. The van der Waals surface area contributed by atoms with Gasteiger partial charge in [-0.2, -0.15) is 0 Å². The number of carbonyl (C=O) groups excluding carboxylic acids is 2. The van der Waals surface area contributed by atoms with Crippen molar-refractivity contribution in [3.05, 3.63) is 68.5 Å². The van der Waals surface area contributed by atoms with Gasteiger partial charge in [-0.15, -0.1) is 22.7 Å². The van der Waals surface area contributed by atoms with Crippen LogP contribution in [0, 0.1) is 0 Å². The molecule has 140 valence electrons. The van der Waals surface area contributed by atoms with Crippen molar-refractivity contribution in [1.29, 1.82) is 0 Å². The first-order valence-corrected chi connectivity index (χ1v) is 9.79. The summed E-state index contributed by atoms with van der Waals surface area (Å²) >= 11 is 2.88. The number of ether oxygens (including phenoxy) is 1. The topological polar surface area (TPSA) is 87.7 Å². The highest BCUT2D eigenvalue weighted by atomic mass is 32.1. The Labute approximate surface area is 164 Å². The maximum Gasteiger partial charge on any atom is 0.313 e. The molecule has 0 saturated carbocycles. The molecule has 3 rings (SSSR count). The van der Waals surface area contributed by atoms with E-state index in [1.54, 1.807) is 24.3 Å². The minimum Gasteiger partial charge on any atom is -0.497 e. The van der Waals surface area contributed by atoms with Gasteiger partial charge in [-0.3, -0.25) is 9.59 Å². The maximum absolute atomic E-state index is 12.0. The molecule has 0 aliphatic rings. The molecular formula is C19H18N2O4S2. The zero-order valence-corrected chi connectivity index (χ0v) is 16.1. The Morgan fingerprint density at radius 3 is 2.70 bits per heavy atom. The third-order valence-corrected chi connectivity index (χ3v) is 5.78. The van der Waals surface area contributed by atoms with Gasteiger partial charge >= 0.3 is 11.8 Å². The zero-order chi connectivity index (χ0) is 19.2. The van der Waals surface area contributed by atoms with Crippen molar-refractivity contribution >= 4 is 40.2 Å². The number of anilines is 1. The van der Waals surface area contributed by atoms with E-state index >= 15 is 0 Å². The first-order valence-electron chi connectivity index (χ1n) is 8.10. The number of carbonyl (C=O) groups is 2. The average Bonchev–Trinajstić information content (AvgIpc) is 3.37. The lowest BCUT2D eigenvalue weighted by molar-refractivity contribution is -0.136. The van der Waals surface area contributed by atoms with Crippen LogP contribution in [-0.4, -0.2) is 24.0 Å². The van der Waals surface area contributed by atoms with Gasteiger partial charge in [0.25, 0.3) is 0 Å². The fourth-order valence-corrected chi connectivity index (χ4v) is 4.12. The molecule has 2 amide bonds. The minimum absolute atomic E-state index is 0.214. The molecule has 1 atom stereocenters. The van der Waals surface area contributed by atoms with E-state index in [0.29, 0.717) is 11.4 Å². The molecule has 0 spiro atoms. The van der Waals surface area contributed by atoms with Crippen LogP contribution in [0.25, 0.3) is 0 Å². The molecule has 6 nitrogen and oxygen atoms in total. The number of benzene rings is 1. The van der Waals surface area contributed by atoms with Crippen molar-refractivity contribution in [2.24, 2.45) is 0 Å². The molecule has 0 fully saturated rings. The van der Waals surface area contributed by atoms with Crippen LogP contribution in [0.1, 0.15) is 20.7 Å². The van der Waals surface area contributed by atoms with E-state index in [9.17, 15) is 14.7 Å². The van der Waals surface area contributed by atoms with Crippen LogP contribution in [0.15, 0.2) is 53.9 Å². The number of hydrogen-bond donors (Lipinski definition) is 3. The Hall–Kier alpha value is -2.68. The molecule has 0 saturated heterocycles. The highest BCUT2D eigenvalue weighted by Crippen LogP contribution is 2.30. The van der Waals surface area contributed by atoms with Crippen molar-refractivity contribution < 1.29 is 19.4 Å². The minimum atomic E-state index is -0.751. The lowest BCUT2D eigenvalue weighted by Gasteiger charge is -2.07. The number of methoxy groups -OCH3 is 1. The maximum atomic E-state index is 12.0. The number of aliphatic hydroxyl groups excluding tert-OH is 1. The van der Waals surface area contributed by atoms with Gasteiger partial charge in [-0.05, 0) is 35.7 Å². The van der Waals surface area contributed by atoms with Crippen LogP contribution in [0.2, 0.25) is 0 Å². The molecule has 0 bridgehead atoms. The van der Waals surface area contributed by atoms with Crippen LogP contribution in [0.5, 0.6) is 5.75 Å². The second kappa shape index (κ2) is 8.81. The summed E-state index contributed by atoms with van der Waals surface area (Å²) < 4.78 is 5.08. The Bertz CT molecular complexity index is 921. The van der Waals surface area contributed by atoms with Gasteiger partial charge in [0, 0.05) is 26.4 Å². The van der Waals surface area contributed by atoms with Crippen molar-refractivity contribution in [2.75, 3.05) is 12.4 Å². The van der Waals surface area contributed by atoms with Gasteiger partial charge in [-0.1, -0.05) is 12.1 Å². The van der Waals surface area contributed by atoms with Crippen LogP contribution in [0.4, 0.5) is 5.69 Å². The lowest BCUT2D eigenvalue weighted by Crippen LogP contribution is -2.34. The molecule has 2 aromatic heterocycles. The van der Waals surface area contributed by atoms with Crippen molar-refractivity contribution in [2.45, 2.75) is 12.6 Å². The van der Waals surface area contributed by atoms with Crippen LogP contribution >= 0.6 is 22.7 Å². The number of thiophene rings is 2. The highest BCUT2D eigenvalue weighted by molar-refractivity contribution is 7.12. The Kier molecular flexibility index (Phi) is 6.23. The number of hydrogen-bond acceptors (Lipinski definition) is 6. The third kappa shape index (κ3) is 4.94. The quantitative estimate of drug-likeness (QED) is 0.553.